The number of hydrogen-bond acceptors (Lipinski definition) is 5. The van der Waals surface area contributed by atoms with Gasteiger partial charge in [0.15, 0.2) is 0 Å². The molecule has 0 aliphatic carbocycles. The van der Waals surface area contributed by atoms with Gasteiger partial charge in [-0.05, 0) is 42.5 Å². The number of para-hydroxylation sites is 1. The lowest BCUT2D eigenvalue weighted by Crippen LogP contribution is -2.13. The fraction of sp³-hybridized carbons (Fsp3) is 0.0400. The molecular formula is C25H21ClN6O2. The SMILES string of the molecule is Cl.O=C(Nc1cccc2[nH]c(-c3c(NCc4ccccn4)cc[nH]c3=O)nc12)c1ccccc1. The van der Waals surface area contributed by atoms with Crippen LogP contribution in [0.1, 0.15) is 16.1 Å². The molecule has 2 aromatic carbocycles. The van der Waals surface area contributed by atoms with Crippen LogP contribution in [0.2, 0.25) is 0 Å². The molecule has 8 nitrogen and oxygen atoms in total. The van der Waals surface area contributed by atoms with E-state index in [9.17, 15) is 9.59 Å². The average molecular weight is 473 g/mol. The maximum Gasteiger partial charge on any atom is 0.261 e. The lowest BCUT2D eigenvalue weighted by Gasteiger charge is -2.09. The first kappa shape index (κ1) is 22.8. The zero-order valence-electron chi connectivity index (χ0n) is 17.9. The Labute approximate surface area is 200 Å². The number of benzene rings is 2. The summed E-state index contributed by atoms with van der Waals surface area (Å²) in [5.74, 6) is 0.166. The number of carbonyl (C=O) groups is 1. The van der Waals surface area contributed by atoms with Crippen molar-refractivity contribution >= 4 is 40.7 Å². The zero-order chi connectivity index (χ0) is 22.6. The smallest absolute Gasteiger partial charge is 0.261 e. The van der Waals surface area contributed by atoms with Crippen LogP contribution in [-0.4, -0.2) is 25.8 Å². The number of carbonyl (C=O) groups excluding carboxylic acids is 1. The van der Waals surface area contributed by atoms with Crippen LogP contribution in [0.3, 0.4) is 0 Å². The Hall–Kier alpha value is -4.43. The number of hydrogen-bond donors (Lipinski definition) is 4. The molecule has 0 fully saturated rings. The molecule has 0 atom stereocenters. The molecule has 0 aliphatic heterocycles. The molecule has 0 saturated carbocycles. The third kappa shape index (κ3) is 4.67. The molecule has 1 amide bonds. The summed E-state index contributed by atoms with van der Waals surface area (Å²) < 4.78 is 0. The van der Waals surface area contributed by atoms with Crippen molar-refractivity contribution in [3.63, 3.8) is 0 Å². The second kappa shape index (κ2) is 10.0. The highest BCUT2D eigenvalue weighted by Crippen LogP contribution is 2.28. The van der Waals surface area contributed by atoms with Crippen molar-refractivity contribution in [2.24, 2.45) is 0 Å². The first-order valence-electron chi connectivity index (χ1n) is 10.4. The molecule has 34 heavy (non-hydrogen) atoms. The van der Waals surface area contributed by atoms with E-state index in [1.807, 2.05) is 48.5 Å². The van der Waals surface area contributed by atoms with Gasteiger partial charge in [0, 0.05) is 18.0 Å². The van der Waals surface area contributed by atoms with Gasteiger partial charge in [0.25, 0.3) is 11.5 Å². The van der Waals surface area contributed by atoms with Crippen molar-refractivity contribution in [2.45, 2.75) is 6.54 Å². The van der Waals surface area contributed by atoms with Crippen molar-refractivity contribution in [1.82, 2.24) is 19.9 Å². The van der Waals surface area contributed by atoms with Crippen molar-refractivity contribution < 1.29 is 4.79 Å². The molecule has 3 heterocycles. The Morgan fingerprint density at radius 2 is 1.74 bits per heavy atom. The van der Waals surface area contributed by atoms with E-state index in [0.29, 0.717) is 45.9 Å². The van der Waals surface area contributed by atoms with Gasteiger partial charge in [0.1, 0.15) is 16.9 Å². The van der Waals surface area contributed by atoms with Crippen molar-refractivity contribution in [2.75, 3.05) is 10.6 Å². The van der Waals surface area contributed by atoms with Crippen LogP contribution in [0.4, 0.5) is 11.4 Å². The van der Waals surface area contributed by atoms with Crippen molar-refractivity contribution in [3.05, 3.63) is 107 Å². The van der Waals surface area contributed by atoms with E-state index in [1.165, 1.54) is 0 Å². The van der Waals surface area contributed by atoms with Gasteiger partial charge in [0.05, 0.1) is 29.1 Å². The maximum absolute atomic E-state index is 12.7. The molecule has 170 valence electrons. The van der Waals surface area contributed by atoms with Gasteiger partial charge in [-0.25, -0.2) is 4.98 Å². The van der Waals surface area contributed by atoms with E-state index in [1.54, 1.807) is 36.7 Å². The Morgan fingerprint density at radius 1 is 0.912 bits per heavy atom. The minimum absolute atomic E-state index is 0. The van der Waals surface area contributed by atoms with Gasteiger partial charge in [-0.15, -0.1) is 12.4 Å². The molecule has 0 unspecified atom stereocenters. The number of fused-ring (bicyclic) bond motifs is 1. The maximum atomic E-state index is 12.7. The van der Waals surface area contributed by atoms with Crippen LogP contribution in [0, 0.1) is 0 Å². The molecule has 4 N–H and O–H groups in total. The van der Waals surface area contributed by atoms with Crippen LogP contribution in [0.5, 0.6) is 0 Å². The number of anilines is 2. The Balaban J connectivity index is 0.00000274. The van der Waals surface area contributed by atoms with Gasteiger partial charge < -0.3 is 20.6 Å². The van der Waals surface area contributed by atoms with Gasteiger partial charge in [0.2, 0.25) is 0 Å². The summed E-state index contributed by atoms with van der Waals surface area (Å²) in [6.45, 7) is 0.454. The quantitative estimate of drug-likeness (QED) is 0.288. The van der Waals surface area contributed by atoms with Crippen LogP contribution in [0.15, 0.2) is 90.0 Å². The summed E-state index contributed by atoms with van der Waals surface area (Å²) in [5.41, 5.74) is 3.94. The number of imidazole rings is 1. The molecule has 5 aromatic rings. The molecule has 9 heteroatoms. The van der Waals surface area contributed by atoms with Crippen LogP contribution < -0.4 is 16.2 Å². The third-order valence-electron chi connectivity index (χ3n) is 5.18. The fourth-order valence-corrected chi connectivity index (χ4v) is 3.58. The number of aromatic amines is 2. The molecule has 0 saturated heterocycles. The summed E-state index contributed by atoms with van der Waals surface area (Å²) >= 11 is 0. The molecular weight excluding hydrogens is 452 g/mol. The summed E-state index contributed by atoms with van der Waals surface area (Å²) in [7, 11) is 0. The Kier molecular flexibility index (Phi) is 6.70. The predicted octanol–water partition coefficient (Wildman–Crippen LogP) is 4.60. The number of H-pyrrole nitrogens is 2. The fourth-order valence-electron chi connectivity index (χ4n) is 3.58. The topological polar surface area (TPSA) is 116 Å². The molecule has 0 radical (unpaired) electrons. The number of aromatic nitrogens is 4. The van der Waals surface area contributed by atoms with Gasteiger partial charge in [-0.1, -0.05) is 30.3 Å². The number of halogens is 1. The van der Waals surface area contributed by atoms with Crippen LogP contribution >= 0.6 is 12.4 Å². The highest BCUT2D eigenvalue weighted by Gasteiger charge is 2.17. The molecule has 3 aromatic heterocycles. The van der Waals surface area contributed by atoms with Gasteiger partial charge in [-0.3, -0.25) is 14.6 Å². The minimum atomic E-state index is -0.282. The Morgan fingerprint density at radius 3 is 2.53 bits per heavy atom. The number of pyridine rings is 2. The molecule has 5 rings (SSSR count). The molecule has 0 spiro atoms. The van der Waals surface area contributed by atoms with Crippen molar-refractivity contribution in [3.8, 4) is 11.4 Å². The molecule has 0 aliphatic rings. The number of amides is 1. The first-order valence-corrected chi connectivity index (χ1v) is 10.4. The van der Waals surface area contributed by atoms with E-state index in [2.05, 4.69) is 30.6 Å². The summed E-state index contributed by atoms with van der Waals surface area (Å²) in [4.78, 5) is 40.3. The molecule has 0 bridgehead atoms. The summed E-state index contributed by atoms with van der Waals surface area (Å²) in [6, 6.07) is 21.9. The standard InChI is InChI=1S/C25H20N6O2.ClH/c32-24(16-7-2-1-3-8-16)30-20-11-6-10-19-22(20)31-23(29-19)21-18(12-14-27-25(21)33)28-15-17-9-4-5-13-26-17;/h1-14H,15H2,(H,29,31)(H,30,32)(H2,27,28,33);1H. The average Bonchev–Trinajstić information content (AvgIpc) is 3.29. The highest BCUT2D eigenvalue weighted by molar-refractivity contribution is 6.08. The minimum Gasteiger partial charge on any atom is -0.379 e. The van der Waals surface area contributed by atoms with Crippen LogP contribution in [0.25, 0.3) is 22.4 Å². The van der Waals surface area contributed by atoms with E-state index >= 15 is 0 Å². The largest absolute Gasteiger partial charge is 0.379 e. The highest BCUT2D eigenvalue weighted by atomic mass is 35.5. The van der Waals surface area contributed by atoms with E-state index in [0.717, 1.165) is 5.69 Å². The van der Waals surface area contributed by atoms with Crippen LogP contribution in [-0.2, 0) is 6.54 Å². The summed E-state index contributed by atoms with van der Waals surface area (Å²) in [6.07, 6.45) is 3.31. The van der Waals surface area contributed by atoms with E-state index in [-0.39, 0.29) is 23.9 Å². The zero-order valence-corrected chi connectivity index (χ0v) is 18.7. The predicted molar refractivity (Wildman–Crippen MR) is 135 cm³/mol. The monoisotopic (exact) mass is 472 g/mol. The second-order valence-electron chi connectivity index (χ2n) is 7.38. The van der Waals surface area contributed by atoms with E-state index in [4.69, 9.17) is 0 Å². The number of rotatable bonds is 6. The van der Waals surface area contributed by atoms with Crippen molar-refractivity contribution in [1.29, 1.82) is 0 Å². The number of nitrogens with zero attached hydrogens (tertiary/aromatic N) is 2. The third-order valence-corrected chi connectivity index (χ3v) is 5.18. The normalized spacial score (nSPS) is 10.5. The number of nitrogens with one attached hydrogen (secondary N) is 4. The summed E-state index contributed by atoms with van der Waals surface area (Å²) in [5, 5.41) is 6.18. The first-order chi connectivity index (χ1) is 16.2. The van der Waals surface area contributed by atoms with Gasteiger partial charge >= 0.3 is 0 Å². The lowest BCUT2D eigenvalue weighted by molar-refractivity contribution is 0.102. The second-order valence-corrected chi connectivity index (χ2v) is 7.38. The van der Waals surface area contributed by atoms with E-state index < -0.39 is 0 Å². The lowest BCUT2D eigenvalue weighted by atomic mass is 10.2. The Bertz CT molecular complexity index is 1480. The van der Waals surface area contributed by atoms with Gasteiger partial charge in [-0.2, -0.15) is 0 Å².